The monoisotopic (exact) mass is 249 g/mol. The van der Waals surface area contributed by atoms with Gasteiger partial charge in [-0.25, -0.2) is 4.39 Å². The average Bonchev–Trinajstić information content (AvgIpc) is 2.32. The van der Waals surface area contributed by atoms with Crippen LogP contribution in [-0.2, 0) is 4.79 Å². The van der Waals surface area contributed by atoms with Gasteiger partial charge in [-0.05, 0) is 18.2 Å². The highest BCUT2D eigenvalue weighted by atomic mass is 19.1. The van der Waals surface area contributed by atoms with Crippen LogP contribution in [0.3, 0.4) is 0 Å². The van der Waals surface area contributed by atoms with Crippen LogP contribution in [0.15, 0.2) is 18.2 Å². The summed E-state index contributed by atoms with van der Waals surface area (Å²) in [7, 11) is 0. The third-order valence-corrected chi connectivity index (χ3v) is 2.22. The van der Waals surface area contributed by atoms with Gasteiger partial charge < -0.3 is 10.4 Å². The number of aliphatic hydroxyl groups excluding tert-OH is 1. The van der Waals surface area contributed by atoms with E-state index in [-0.39, 0.29) is 24.1 Å². The van der Waals surface area contributed by atoms with Gasteiger partial charge in [0.25, 0.3) is 0 Å². The molecule has 96 valence electrons. The quantitative estimate of drug-likeness (QED) is 0.806. The number of halogens is 1. The molecular formula is C14H16FNO2. The Labute approximate surface area is 106 Å². The maximum absolute atomic E-state index is 13.7. The minimum atomic E-state index is -0.514. The fraction of sp³-hybridized carbons (Fsp3) is 0.357. The SMILES string of the molecule is CC(C)C(=O)Nc1ccc(C#CCCO)cc1F. The molecule has 0 saturated carbocycles. The number of benzene rings is 1. The number of amides is 1. The normalized spacial score (nSPS) is 9.83. The molecule has 1 amide bonds. The van der Waals surface area contributed by atoms with E-state index >= 15 is 0 Å². The predicted molar refractivity (Wildman–Crippen MR) is 68.4 cm³/mol. The number of rotatable bonds is 3. The molecule has 1 aromatic carbocycles. The van der Waals surface area contributed by atoms with Gasteiger partial charge in [-0.1, -0.05) is 25.7 Å². The summed E-state index contributed by atoms with van der Waals surface area (Å²) in [6, 6.07) is 4.38. The molecule has 1 rings (SSSR count). The van der Waals surface area contributed by atoms with Gasteiger partial charge >= 0.3 is 0 Å². The first-order valence-corrected chi connectivity index (χ1v) is 5.74. The number of aliphatic hydroxyl groups is 1. The van der Waals surface area contributed by atoms with Gasteiger partial charge in [0.1, 0.15) is 5.82 Å². The van der Waals surface area contributed by atoms with Crippen molar-refractivity contribution in [3.05, 3.63) is 29.6 Å². The molecule has 0 bridgehead atoms. The fourth-order valence-corrected chi connectivity index (χ4v) is 1.19. The highest BCUT2D eigenvalue weighted by Gasteiger charge is 2.10. The summed E-state index contributed by atoms with van der Waals surface area (Å²) in [5.74, 6) is 4.49. The Bertz CT molecular complexity index is 486. The van der Waals surface area contributed by atoms with E-state index in [9.17, 15) is 9.18 Å². The molecule has 0 heterocycles. The van der Waals surface area contributed by atoms with E-state index in [2.05, 4.69) is 17.2 Å². The second-order valence-electron chi connectivity index (χ2n) is 4.11. The molecular weight excluding hydrogens is 233 g/mol. The first-order chi connectivity index (χ1) is 8.54. The molecule has 0 aliphatic carbocycles. The minimum absolute atomic E-state index is 0.0159. The largest absolute Gasteiger partial charge is 0.395 e. The summed E-state index contributed by atoms with van der Waals surface area (Å²) in [4.78, 5) is 11.4. The van der Waals surface area contributed by atoms with E-state index in [0.717, 1.165) is 0 Å². The van der Waals surface area contributed by atoms with Gasteiger partial charge in [0.2, 0.25) is 5.91 Å². The van der Waals surface area contributed by atoms with Gasteiger partial charge in [-0.3, -0.25) is 4.79 Å². The third kappa shape index (κ3) is 4.19. The highest BCUT2D eigenvalue weighted by molar-refractivity contribution is 5.92. The Balaban J connectivity index is 2.81. The standard InChI is InChI=1S/C14H16FNO2/c1-10(2)14(18)16-13-7-6-11(9-12(13)15)5-3-4-8-17/h6-7,9-10,17H,4,8H2,1-2H3,(H,16,18). The summed E-state index contributed by atoms with van der Waals surface area (Å²) in [6.45, 7) is 3.46. The predicted octanol–water partition coefficient (Wildman–Crippen LogP) is 2.15. The van der Waals surface area contributed by atoms with E-state index in [1.165, 1.54) is 12.1 Å². The van der Waals surface area contributed by atoms with Crippen LogP contribution < -0.4 is 5.32 Å². The summed E-state index contributed by atoms with van der Waals surface area (Å²) < 4.78 is 13.7. The molecule has 0 aliphatic heterocycles. The van der Waals surface area contributed by atoms with Crippen molar-refractivity contribution in [1.29, 1.82) is 0 Å². The van der Waals surface area contributed by atoms with Crippen LogP contribution in [0.2, 0.25) is 0 Å². The molecule has 0 saturated heterocycles. The van der Waals surface area contributed by atoms with Crippen molar-refractivity contribution >= 4 is 11.6 Å². The van der Waals surface area contributed by atoms with Crippen molar-refractivity contribution in [2.75, 3.05) is 11.9 Å². The molecule has 0 aromatic heterocycles. The van der Waals surface area contributed by atoms with Gasteiger partial charge in [0.05, 0.1) is 12.3 Å². The van der Waals surface area contributed by atoms with Crippen molar-refractivity contribution in [3.63, 3.8) is 0 Å². The van der Waals surface area contributed by atoms with Gasteiger partial charge in [0.15, 0.2) is 0 Å². The molecule has 1 aromatic rings. The lowest BCUT2D eigenvalue weighted by Crippen LogP contribution is -2.18. The molecule has 2 N–H and O–H groups in total. The number of carbonyl (C=O) groups excluding carboxylic acids is 1. The lowest BCUT2D eigenvalue weighted by atomic mass is 10.1. The Kier molecular flexibility index (Phi) is 5.34. The smallest absolute Gasteiger partial charge is 0.227 e. The Hall–Kier alpha value is -1.86. The second kappa shape index (κ2) is 6.77. The zero-order chi connectivity index (χ0) is 13.5. The van der Waals surface area contributed by atoms with Gasteiger partial charge in [0, 0.05) is 17.9 Å². The van der Waals surface area contributed by atoms with Gasteiger partial charge in [-0.2, -0.15) is 0 Å². The number of anilines is 1. The molecule has 0 radical (unpaired) electrons. The summed E-state index contributed by atoms with van der Waals surface area (Å²) in [5.41, 5.74) is 0.671. The Morgan fingerprint density at radius 2 is 2.22 bits per heavy atom. The van der Waals surface area contributed by atoms with Crippen LogP contribution in [0.4, 0.5) is 10.1 Å². The average molecular weight is 249 g/mol. The van der Waals surface area contributed by atoms with E-state index in [4.69, 9.17) is 5.11 Å². The van der Waals surface area contributed by atoms with Crippen LogP contribution in [0, 0.1) is 23.6 Å². The van der Waals surface area contributed by atoms with Crippen molar-refractivity contribution in [1.82, 2.24) is 0 Å². The molecule has 0 fully saturated rings. The maximum Gasteiger partial charge on any atom is 0.227 e. The highest BCUT2D eigenvalue weighted by Crippen LogP contribution is 2.16. The van der Waals surface area contributed by atoms with Crippen molar-refractivity contribution in [2.24, 2.45) is 5.92 Å². The number of carbonyl (C=O) groups is 1. The molecule has 0 atom stereocenters. The molecule has 0 aliphatic rings. The first kappa shape index (κ1) is 14.2. The van der Waals surface area contributed by atoms with Gasteiger partial charge in [-0.15, -0.1) is 0 Å². The summed E-state index contributed by atoms with van der Waals surface area (Å²) in [6.07, 6.45) is 0.355. The van der Waals surface area contributed by atoms with Crippen LogP contribution >= 0.6 is 0 Å². The summed E-state index contributed by atoms with van der Waals surface area (Å²) in [5, 5.41) is 11.1. The molecule has 18 heavy (non-hydrogen) atoms. The zero-order valence-corrected chi connectivity index (χ0v) is 10.5. The van der Waals surface area contributed by atoms with E-state index in [1.54, 1.807) is 19.9 Å². The third-order valence-electron chi connectivity index (χ3n) is 2.22. The number of hydrogen-bond acceptors (Lipinski definition) is 2. The fourth-order valence-electron chi connectivity index (χ4n) is 1.19. The van der Waals surface area contributed by atoms with E-state index < -0.39 is 5.82 Å². The molecule has 0 unspecified atom stereocenters. The minimum Gasteiger partial charge on any atom is -0.395 e. The molecule has 3 nitrogen and oxygen atoms in total. The van der Waals surface area contributed by atoms with Crippen molar-refractivity contribution < 1.29 is 14.3 Å². The number of hydrogen-bond donors (Lipinski definition) is 2. The van der Waals surface area contributed by atoms with Crippen LogP contribution in [0.1, 0.15) is 25.8 Å². The van der Waals surface area contributed by atoms with Crippen LogP contribution in [0.5, 0.6) is 0 Å². The maximum atomic E-state index is 13.7. The second-order valence-corrected chi connectivity index (χ2v) is 4.11. The molecule has 0 spiro atoms. The van der Waals surface area contributed by atoms with E-state index in [0.29, 0.717) is 12.0 Å². The first-order valence-electron chi connectivity index (χ1n) is 5.74. The lowest BCUT2D eigenvalue weighted by Gasteiger charge is -2.08. The van der Waals surface area contributed by atoms with E-state index in [1.807, 2.05) is 0 Å². The summed E-state index contributed by atoms with van der Waals surface area (Å²) >= 11 is 0. The lowest BCUT2D eigenvalue weighted by molar-refractivity contribution is -0.118. The van der Waals surface area contributed by atoms with Crippen LogP contribution in [0.25, 0.3) is 0 Å². The Morgan fingerprint density at radius 3 is 2.78 bits per heavy atom. The zero-order valence-electron chi connectivity index (χ0n) is 10.5. The van der Waals surface area contributed by atoms with Crippen molar-refractivity contribution in [2.45, 2.75) is 20.3 Å². The van der Waals surface area contributed by atoms with Crippen molar-refractivity contribution in [3.8, 4) is 11.8 Å². The van der Waals surface area contributed by atoms with Crippen LogP contribution in [-0.4, -0.2) is 17.6 Å². The topological polar surface area (TPSA) is 49.3 Å². The Morgan fingerprint density at radius 1 is 1.50 bits per heavy atom. The molecule has 4 heteroatoms. The number of nitrogens with one attached hydrogen (secondary N) is 1.